The predicted molar refractivity (Wildman–Crippen MR) is 272 cm³/mol. The molecule has 13 rings (SSSR count). The summed E-state index contributed by atoms with van der Waals surface area (Å²) in [6, 6.07) is 90.8. The van der Waals surface area contributed by atoms with Gasteiger partial charge in [-0.05, 0) is 109 Å². The Labute approximate surface area is 377 Å². The normalized spacial score (nSPS) is 12.7. The molecule has 65 heavy (non-hydrogen) atoms. The third-order valence-corrected chi connectivity index (χ3v) is 13.8. The highest BCUT2D eigenvalue weighted by molar-refractivity contribution is 6.19. The van der Waals surface area contributed by atoms with Crippen LogP contribution in [0.3, 0.4) is 0 Å². The number of benzene rings is 11. The van der Waals surface area contributed by atoms with Crippen molar-refractivity contribution in [3.05, 3.63) is 271 Å². The van der Waals surface area contributed by atoms with Crippen molar-refractivity contribution in [3.63, 3.8) is 0 Å². The van der Waals surface area contributed by atoms with Crippen LogP contribution < -0.4 is 4.90 Å². The first kappa shape index (κ1) is 37.1. The molecule has 0 atom stereocenters. The van der Waals surface area contributed by atoms with E-state index in [1.807, 2.05) is 0 Å². The van der Waals surface area contributed by atoms with Crippen LogP contribution >= 0.6 is 0 Å². The van der Waals surface area contributed by atoms with E-state index in [1.165, 1.54) is 60.7 Å². The second kappa shape index (κ2) is 14.8. The molecule has 2 nitrogen and oxygen atoms in total. The minimum absolute atomic E-state index is 0.518. The second-order valence-electron chi connectivity index (χ2n) is 17.1. The number of hydrogen-bond acceptors (Lipinski definition) is 2. The summed E-state index contributed by atoms with van der Waals surface area (Å²) in [4.78, 5) is 2.46. The Kier molecular flexibility index (Phi) is 8.47. The molecular formula is C63H41NO. The maximum Gasteiger partial charge on any atom is 0.143 e. The molecule has 1 aliphatic rings. The maximum absolute atomic E-state index is 6.61. The molecule has 0 radical (unpaired) electrons. The van der Waals surface area contributed by atoms with Crippen molar-refractivity contribution in [3.8, 4) is 33.4 Å². The van der Waals surface area contributed by atoms with Gasteiger partial charge in [-0.25, -0.2) is 0 Å². The quantitative estimate of drug-likeness (QED) is 0.159. The van der Waals surface area contributed by atoms with E-state index >= 15 is 0 Å². The first-order valence-corrected chi connectivity index (χ1v) is 22.4. The van der Waals surface area contributed by atoms with E-state index < -0.39 is 5.41 Å². The number of anilines is 3. The predicted octanol–water partition coefficient (Wildman–Crippen LogP) is 17.1. The zero-order valence-electron chi connectivity index (χ0n) is 35.5. The molecular weight excluding hydrogens is 787 g/mol. The van der Waals surface area contributed by atoms with Gasteiger partial charge in [-0.1, -0.05) is 206 Å². The Morgan fingerprint density at radius 1 is 0.338 bits per heavy atom. The highest BCUT2D eigenvalue weighted by Gasteiger charge is 2.47. The zero-order valence-corrected chi connectivity index (χ0v) is 35.5. The van der Waals surface area contributed by atoms with Gasteiger partial charge in [-0.15, -0.1) is 0 Å². The van der Waals surface area contributed by atoms with E-state index in [4.69, 9.17) is 4.42 Å². The summed E-state index contributed by atoms with van der Waals surface area (Å²) in [6.07, 6.45) is 0. The van der Waals surface area contributed by atoms with Crippen LogP contribution in [0.15, 0.2) is 253 Å². The van der Waals surface area contributed by atoms with E-state index in [1.54, 1.807) is 0 Å². The van der Waals surface area contributed by atoms with E-state index in [9.17, 15) is 0 Å². The molecule has 1 aromatic heterocycles. The number of fused-ring (bicyclic) bond motifs is 9. The highest BCUT2D eigenvalue weighted by atomic mass is 16.3. The number of rotatable bonds is 7. The van der Waals surface area contributed by atoms with Crippen LogP contribution in [-0.2, 0) is 5.41 Å². The Morgan fingerprint density at radius 3 is 1.58 bits per heavy atom. The third-order valence-electron chi connectivity index (χ3n) is 13.8. The number of furan rings is 1. The lowest BCUT2D eigenvalue weighted by molar-refractivity contribution is 0.673. The van der Waals surface area contributed by atoms with Gasteiger partial charge in [0.25, 0.3) is 0 Å². The average molecular weight is 828 g/mol. The molecule has 12 aromatic rings. The van der Waals surface area contributed by atoms with Gasteiger partial charge in [-0.2, -0.15) is 0 Å². The second-order valence-corrected chi connectivity index (χ2v) is 17.1. The number of nitrogens with zero attached hydrogens (tertiary/aromatic N) is 1. The first-order valence-electron chi connectivity index (χ1n) is 22.4. The minimum Gasteiger partial charge on any atom is -0.455 e. The summed E-state index contributed by atoms with van der Waals surface area (Å²) in [5, 5.41) is 7.06. The van der Waals surface area contributed by atoms with Crippen molar-refractivity contribution in [2.24, 2.45) is 0 Å². The van der Waals surface area contributed by atoms with Crippen molar-refractivity contribution in [1.82, 2.24) is 0 Å². The molecule has 0 spiro atoms. The lowest BCUT2D eigenvalue weighted by Gasteiger charge is -2.34. The highest BCUT2D eigenvalue weighted by Crippen LogP contribution is 2.59. The molecule has 0 fully saturated rings. The van der Waals surface area contributed by atoms with Gasteiger partial charge in [0.05, 0.1) is 11.1 Å². The molecule has 0 saturated heterocycles. The van der Waals surface area contributed by atoms with E-state index in [-0.39, 0.29) is 0 Å². The molecule has 0 bridgehead atoms. The number of hydrogen-bond donors (Lipinski definition) is 0. The van der Waals surface area contributed by atoms with Crippen LogP contribution in [0, 0.1) is 0 Å². The minimum atomic E-state index is -0.518. The summed E-state index contributed by atoms with van der Waals surface area (Å²) in [6.45, 7) is 0. The molecule has 0 unspecified atom stereocenters. The van der Waals surface area contributed by atoms with Gasteiger partial charge in [0.2, 0.25) is 0 Å². The SMILES string of the molecule is c1ccc(C2(c3ccccc3)c3ccccc3-c3c(N(c4ccc(-c5cccc6ccccc56)cc4)c4ccc(-c5cccc6oc7c8ccccc8ccc7c56)cc4)cccc32)cc1. The topological polar surface area (TPSA) is 16.4 Å². The summed E-state index contributed by atoms with van der Waals surface area (Å²) < 4.78 is 6.61. The van der Waals surface area contributed by atoms with Crippen molar-refractivity contribution in [2.45, 2.75) is 5.41 Å². The van der Waals surface area contributed by atoms with E-state index in [0.717, 1.165) is 55.5 Å². The third kappa shape index (κ3) is 5.67. The van der Waals surface area contributed by atoms with Gasteiger partial charge in [0.1, 0.15) is 11.2 Å². The molecule has 0 aliphatic heterocycles. The fourth-order valence-corrected chi connectivity index (χ4v) is 10.9. The van der Waals surface area contributed by atoms with Crippen LogP contribution in [-0.4, -0.2) is 0 Å². The summed E-state index contributed by atoms with van der Waals surface area (Å²) in [5.74, 6) is 0. The Bertz CT molecular complexity index is 3710. The van der Waals surface area contributed by atoms with E-state index in [0.29, 0.717) is 0 Å². The average Bonchev–Trinajstić information content (AvgIpc) is 3.92. The van der Waals surface area contributed by atoms with E-state index in [2.05, 4.69) is 254 Å². The van der Waals surface area contributed by atoms with Crippen molar-refractivity contribution in [2.75, 3.05) is 4.90 Å². The molecule has 304 valence electrons. The molecule has 0 saturated carbocycles. The van der Waals surface area contributed by atoms with Crippen LogP contribution in [0.2, 0.25) is 0 Å². The van der Waals surface area contributed by atoms with Crippen molar-refractivity contribution in [1.29, 1.82) is 0 Å². The molecule has 11 aromatic carbocycles. The van der Waals surface area contributed by atoms with Crippen LogP contribution in [0.4, 0.5) is 17.1 Å². The van der Waals surface area contributed by atoms with Crippen LogP contribution in [0.25, 0.3) is 76.9 Å². The maximum atomic E-state index is 6.61. The van der Waals surface area contributed by atoms with Gasteiger partial charge in [-0.3, -0.25) is 0 Å². The summed E-state index contributed by atoms with van der Waals surface area (Å²) in [7, 11) is 0. The summed E-state index contributed by atoms with van der Waals surface area (Å²) >= 11 is 0. The van der Waals surface area contributed by atoms with Crippen molar-refractivity contribution < 1.29 is 4.42 Å². The van der Waals surface area contributed by atoms with Crippen molar-refractivity contribution >= 4 is 60.5 Å². The molecule has 1 aliphatic carbocycles. The lowest BCUT2D eigenvalue weighted by Crippen LogP contribution is -2.28. The van der Waals surface area contributed by atoms with Gasteiger partial charge < -0.3 is 9.32 Å². The van der Waals surface area contributed by atoms with Crippen LogP contribution in [0.5, 0.6) is 0 Å². The fraction of sp³-hybridized carbons (Fsp3) is 0.0159. The molecule has 0 N–H and O–H groups in total. The monoisotopic (exact) mass is 827 g/mol. The fourth-order valence-electron chi connectivity index (χ4n) is 10.9. The largest absolute Gasteiger partial charge is 0.455 e. The first-order chi connectivity index (χ1) is 32.3. The van der Waals surface area contributed by atoms with Gasteiger partial charge >= 0.3 is 0 Å². The Hall–Kier alpha value is -8.46. The molecule has 0 amide bonds. The van der Waals surface area contributed by atoms with Crippen LogP contribution in [0.1, 0.15) is 22.3 Å². The van der Waals surface area contributed by atoms with Gasteiger partial charge in [0.15, 0.2) is 0 Å². The smallest absolute Gasteiger partial charge is 0.143 e. The summed E-state index contributed by atoms with van der Waals surface area (Å²) in [5.41, 5.74) is 16.8. The lowest BCUT2D eigenvalue weighted by atomic mass is 9.68. The van der Waals surface area contributed by atoms with Gasteiger partial charge in [0, 0.05) is 33.1 Å². The Morgan fingerprint density at radius 2 is 0.862 bits per heavy atom. The zero-order chi connectivity index (χ0) is 42.9. The molecule has 1 heterocycles. The standard InChI is InChI=1S/C63H41NO/c1-3-19-46(20-4-1)63(47-21-5-2-6-22-47)56-28-12-11-25-54(56)61-57(63)29-15-30-58(61)64(48-37-32-44(33-38-48)51-26-13-18-42-16-7-9-23-50(42)51)49-39-34-45(35-40-49)52-27-14-31-59-60(52)55-41-36-43-17-8-10-24-53(43)62(55)65-59/h1-41H. The molecule has 2 heteroatoms. The Balaban J connectivity index is 1.02.